The molecule has 2 aromatic carbocycles. The molecule has 31 heavy (non-hydrogen) atoms. The van der Waals surface area contributed by atoms with Gasteiger partial charge in [-0.3, -0.25) is 4.79 Å². The highest BCUT2D eigenvalue weighted by Crippen LogP contribution is 2.25. The number of carbonyl (C=O) groups is 1. The summed E-state index contributed by atoms with van der Waals surface area (Å²) in [6.07, 6.45) is 4.25. The van der Waals surface area contributed by atoms with Gasteiger partial charge in [0.05, 0.1) is 0 Å². The SMILES string of the molecule is Cc1cc(Cl)ccc1N1CCN(C(=O)CCC2CCCNC2)CC1.Clc1ccccc1. The molecule has 168 valence electrons. The van der Waals surface area contributed by atoms with Gasteiger partial charge in [-0.25, -0.2) is 0 Å². The number of benzene rings is 2. The van der Waals surface area contributed by atoms with Crippen LogP contribution in [0.1, 0.15) is 31.2 Å². The van der Waals surface area contributed by atoms with Crippen LogP contribution in [-0.4, -0.2) is 50.1 Å². The van der Waals surface area contributed by atoms with Crippen LogP contribution in [0.25, 0.3) is 0 Å². The molecule has 4 nitrogen and oxygen atoms in total. The number of halogens is 2. The third-order valence-corrected chi connectivity index (χ3v) is 6.52. The summed E-state index contributed by atoms with van der Waals surface area (Å²) in [5.41, 5.74) is 2.44. The van der Waals surface area contributed by atoms with Crippen LogP contribution in [-0.2, 0) is 4.79 Å². The monoisotopic (exact) mass is 461 g/mol. The number of nitrogens with one attached hydrogen (secondary N) is 1. The zero-order valence-electron chi connectivity index (χ0n) is 18.3. The van der Waals surface area contributed by atoms with Gasteiger partial charge in [0, 0.05) is 48.3 Å². The fraction of sp³-hybridized carbons (Fsp3) is 0.480. The van der Waals surface area contributed by atoms with E-state index in [2.05, 4.69) is 23.2 Å². The van der Waals surface area contributed by atoms with Gasteiger partial charge in [-0.1, -0.05) is 41.4 Å². The maximum Gasteiger partial charge on any atom is 0.222 e. The van der Waals surface area contributed by atoms with Crippen molar-refractivity contribution < 1.29 is 4.79 Å². The molecule has 6 heteroatoms. The predicted octanol–water partition coefficient (Wildman–Crippen LogP) is 5.42. The molecule has 2 saturated heterocycles. The molecular formula is C25H33Cl2N3O. The fourth-order valence-corrected chi connectivity index (χ4v) is 4.61. The van der Waals surface area contributed by atoms with E-state index in [1.54, 1.807) is 0 Å². The summed E-state index contributed by atoms with van der Waals surface area (Å²) >= 11 is 11.6. The van der Waals surface area contributed by atoms with Crippen molar-refractivity contribution in [1.29, 1.82) is 0 Å². The molecular weight excluding hydrogens is 429 g/mol. The van der Waals surface area contributed by atoms with E-state index in [0.717, 1.165) is 55.7 Å². The second kappa shape index (κ2) is 12.3. The number of anilines is 1. The van der Waals surface area contributed by atoms with Crippen LogP contribution in [0, 0.1) is 12.8 Å². The van der Waals surface area contributed by atoms with Gasteiger partial charge in [0.15, 0.2) is 0 Å². The molecule has 0 aliphatic carbocycles. The van der Waals surface area contributed by atoms with Crippen molar-refractivity contribution in [2.45, 2.75) is 32.6 Å². The first kappa shape index (κ1) is 23.9. The van der Waals surface area contributed by atoms with E-state index in [-0.39, 0.29) is 0 Å². The minimum Gasteiger partial charge on any atom is -0.368 e. The summed E-state index contributed by atoms with van der Waals surface area (Å²) in [5, 5.41) is 5.00. The lowest BCUT2D eigenvalue weighted by atomic mass is 9.94. The number of hydrogen-bond acceptors (Lipinski definition) is 3. The summed E-state index contributed by atoms with van der Waals surface area (Å²) in [5.74, 6) is 1.01. The Kier molecular flexibility index (Phi) is 9.51. The molecule has 1 unspecified atom stereocenters. The fourth-order valence-electron chi connectivity index (χ4n) is 4.24. The highest BCUT2D eigenvalue weighted by atomic mass is 35.5. The lowest BCUT2D eigenvalue weighted by Crippen LogP contribution is -2.49. The van der Waals surface area contributed by atoms with Gasteiger partial charge in [0.2, 0.25) is 5.91 Å². The molecule has 0 radical (unpaired) electrons. The molecule has 0 aromatic heterocycles. The molecule has 2 aliphatic heterocycles. The average molecular weight is 462 g/mol. The van der Waals surface area contributed by atoms with E-state index < -0.39 is 0 Å². The van der Waals surface area contributed by atoms with Crippen molar-refractivity contribution in [2.75, 3.05) is 44.2 Å². The largest absolute Gasteiger partial charge is 0.368 e. The Balaban J connectivity index is 0.000000330. The smallest absolute Gasteiger partial charge is 0.222 e. The quantitative estimate of drug-likeness (QED) is 0.660. The maximum atomic E-state index is 12.5. The van der Waals surface area contributed by atoms with E-state index in [0.29, 0.717) is 18.2 Å². The van der Waals surface area contributed by atoms with E-state index in [1.807, 2.05) is 47.4 Å². The van der Waals surface area contributed by atoms with Gasteiger partial charge in [0.1, 0.15) is 0 Å². The van der Waals surface area contributed by atoms with Gasteiger partial charge >= 0.3 is 0 Å². The number of hydrogen-bond donors (Lipinski definition) is 1. The topological polar surface area (TPSA) is 35.6 Å². The van der Waals surface area contributed by atoms with Gasteiger partial charge in [0.25, 0.3) is 0 Å². The van der Waals surface area contributed by atoms with Crippen molar-refractivity contribution in [3.8, 4) is 0 Å². The van der Waals surface area contributed by atoms with Crippen LogP contribution in [0.3, 0.4) is 0 Å². The number of aryl methyl sites for hydroxylation is 1. The molecule has 2 aromatic rings. The zero-order valence-corrected chi connectivity index (χ0v) is 19.8. The van der Waals surface area contributed by atoms with Crippen LogP contribution in [0.15, 0.2) is 48.5 Å². The number of piperidine rings is 1. The summed E-state index contributed by atoms with van der Waals surface area (Å²) in [7, 11) is 0. The predicted molar refractivity (Wildman–Crippen MR) is 131 cm³/mol. The van der Waals surface area contributed by atoms with Crippen molar-refractivity contribution >= 4 is 34.8 Å². The minimum atomic E-state index is 0.327. The molecule has 0 bridgehead atoms. The molecule has 0 saturated carbocycles. The molecule has 1 N–H and O–H groups in total. The Morgan fingerprint density at radius 2 is 1.77 bits per heavy atom. The first-order chi connectivity index (χ1) is 15.0. The van der Waals surface area contributed by atoms with Gasteiger partial charge in [-0.05, 0) is 81.1 Å². The Labute approximate surface area is 196 Å². The Morgan fingerprint density at radius 3 is 2.35 bits per heavy atom. The van der Waals surface area contributed by atoms with Gasteiger partial charge in [-0.2, -0.15) is 0 Å². The third-order valence-electron chi connectivity index (χ3n) is 6.03. The molecule has 2 aliphatic rings. The number of piperazine rings is 1. The summed E-state index contributed by atoms with van der Waals surface area (Å²) in [6, 6.07) is 15.5. The van der Waals surface area contributed by atoms with Gasteiger partial charge in [-0.15, -0.1) is 0 Å². The van der Waals surface area contributed by atoms with Crippen molar-refractivity contribution in [3.63, 3.8) is 0 Å². The Morgan fingerprint density at radius 1 is 1.03 bits per heavy atom. The molecule has 2 fully saturated rings. The normalized spacial score (nSPS) is 18.9. The Bertz CT molecular complexity index is 817. The second-order valence-corrected chi connectivity index (χ2v) is 9.22. The van der Waals surface area contributed by atoms with E-state index in [1.165, 1.54) is 24.1 Å². The van der Waals surface area contributed by atoms with Crippen LogP contribution in [0.4, 0.5) is 5.69 Å². The van der Waals surface area contributed by atoms with Gasteiger partial charge < -0.3 is 15.1 Å². The highest BCUT2D eigenvalue weighted by Gasteiger charge is 2.23. The number of nitrogens with zero attached hydrogens (tertiary/aromatic N) is 2. The van der Waals surface area contributed by atoms with Crippen LogP contribution >= 0.6 is 23.2 Å². The highest BCUT2D eigenvalue weighted by molar-refractivity contribution is 6.30. The lowest BCUT2D eigenvalue weighted by molar-refractivity contribution is -0.131. The van der Waals surface area contributed by atoms with E-state index >= 15 is 0 Å². The first-order valence-corrected chi connectivity index (χ1v) is 12.0. The molecule has 0 spiro atoms. The van der Waals surface area contributed by atoms with Crippen molar-refractivity contribution in [3.05, 3.63) is 64.1 Å². The second-order valence-electron chi connectivity index (χ2n) is 8.35. The Hall–Kier alpha value is -1.75. The summed E-state index contributed by atoms with van der Waals surface area (Å²) in [4.78, 5) is 16.9. The van der Waals surface area contributed by atoms with Crippen LogP contribution in [0.5, 0.6) is 0 Å². The van der Waals surface area contributed by atoms with Crippen molar-refractivity contribution in [2.24, 2.45) is 5.92 Å². The van der Waals surface area contributed by atoms with Crippen molar-refractivity contribution in [1.82, 2.24) is 10.2 Å². The zero-order chi connectivity index (χ0) is 22.1. The average Bonchev–Trinajstić information content (AvgIpc) is 2.79. The van der Waals surface area contributed by atoms with Crippen LogP contribution < -0.4 is 10.2 Å². The standard InChI is InChI=1S/C19H28ClN3O.C6H5Cl/c1-15-13-17(20)5-6-18(15)22-9-11-23(12-10-22)19(24)7-4-16-3-2-8-21-14-16;7-6-4-2-1-3-5-6/h5-6,13,16,21H,2-4,7-12,14H2,1H3;1-5H. The number of amides is 1. The minimum absolute atomic E-state index is 0.327. The maximum absolute atomic E-state index is 12.5. The summed E-state index contributed by atoms with van der Waals surface area (Å²) in [6.45, 7) is 7.76. The third kappa shape index (κ3) is 7.71. The molecule has 1 amide bonds. The number of carbonyl (C=O) groups excluding carboxylic acids is 1. The molecule has 2 heterocycles. The number of rotatable bonds is 4. The van der Waals surface area contributed by atoms with E-state index in [4.69, 9.17) is 23.2 Å². The first-order valence-electron chi connectivity index (χ1n) is 11.2. The molecule has 4 rings (SSSR count). The van der Waals surface area contributed by atoms with E-state index in [9.17, 15) is 4.79 Å². The molecule has 1 atom stereocenters. The van der Waals surface area contributed by atoms with Crippen LogP contribution in [0.2, 0.25) is 10.0 Å². The summed E-state index contributed by atoms with van der Waals surface area (Å²) < 4.78 is 0. The lowest BCUT2D eigenvalue weighted by Gasteiger charge is -2.37.